The molecular formula is C17H26O2. The lowest BCUT2D eigenvalue weighted by molar-refractivity contribution is -0.123. The van der Waals surface area contributed by atoms with Gasteiger partial charge in [0.2, 0.25) is 0 Å². The van der Waals surface area contributed by atoms with Crippen LogP contribution in [0.25, 0.3) is 0 Å². The molecule has 106 valence electrons. The summed E-state index contributed by atoms with van der Waals surface area (Å²) in [5.74, 6) is 0.956. The number of ether oxygens (including phenoxy) is 1. The molecule has 1 rings (SSSR count). The fourth-order valence-corrected chi connectivity index (χ4v) is 2.19. The van der Waals surface area contributed by atoms with Gasteiger partial charge >= 0.3 is 0 Å². The van der Waals surface area contributed by atoms with Gasteiger partial charge in [0.15, 0.2) is 11.9 Å². The van der Waals surface area contributed by atoms with E-state index in [1.54, 1.807) is 6.92 Å². The van der Waals surface area contributed by atoms with Crippen molar-refractivity contribution in [1.29, 1.82) is 0 Å². The highest BCUT2D eigenvalue weighted by Crippen LogP contribution is 2.22. The Morgan fingerprint density at radius 2 is 1.95 bits per heavy atom. The molecule has 0 saturated heterocycles. The molecular weight excluding hydrogens is 236 g/mol. The standard InChI is InChI=1S/C17H26O2/c1-5-6-7-8-9-17(15(4)18)19-16-11-10-13(2)12-14(16)3/h10-12,17H,5-9H2,1-4H3. The van der Waals surface area contributed by atoms with E-state index in [1.165, 1.54) is 24.8 Å². The average molecular weight is 262 g/mol. The zero-order valence-electron chi connectivity index (χ0n) is 12.7. The quantitative estimate of drug-likeness (QED) is 0.639. The van der Waals surface area contributed by atoms with E-state index in [9.17, 15) is 4.79 Å². The maximum Gasteiger partial charge on any atom is 0.170 e. The van der Waals surface area contributed by atoms with E-state index >= 15 is 0 Å². The summed E-state index contributed by atoms with van der Waals surface area (Å²) < 4.78 is 5.89. The van der Waals surface area contributed by atoms with Crippen LogP contribution in [0.1, 0.15) is 57.1 Å². The Morgan fingerprint density at radius 1 is 1.21 bits per heavy atom. The van der Waals surface area contributed by atoms with Crippen LogP contribution in [0.4, 0.5) is 0 Å². The van der Waals surface area contributed by atoms with Crippen molar-refractivity contribution in [1.82, 2.24) is 0 Å². The lowest BCUT2D eigenvalue weighted by Gasteiger charge is -2.18. The van der Waals surface area contributed by atoms with Gasteiger partial charge in [-0.25, -0.2) is 0 Å². The van der Waals surface area contributed by atoms with Crippen LogP contribution in [0.3, 0.4) is 0 Å². The molecule has 1 aromatic rings. The van der Waals surface area contributed by atoms with E-state index in [-0.39, 0.29) is 11.9 Å². The van der Waals surface area contributed by atoms with Crippen molar-refractivity contribution < 1.29 is 9.53 Å². The number of benzene rings is 1. The molecule has 0 N–H and O–H groups in total. The van der Waals surface area contributed by atoms with E-state index in [4.69, 9.17) is 4.74 Å². The Hall–Kier alpha value is -1.31. The van der Waals surface area contributed by atoms with E-state index in [1.807, 2.05) is 19.1 Å². The minimum absolute atomic E-state index is 0.122. The first-order valence-corrected chi connectivity index (χ1v) is 7.29. The number of ketones is 1. The topological polar surface area (TPSA) is 26.3 Å². The third kappa shape index (κ3) is 5.46. The summed E-state index contributed by atoms with van der Waals surface area (Å²) in [6, 6.07) is 6.08. The first-order valence-electron chi connectivity index (χ1n) is 7.29. The highest BCUT2D eigenvalue weighted by atomic mass is 16.5. The molecule has 0 aromatic heterocycles. The van der Waals surface area contributed by atoms with Crippen molar-refractivity contribution in [2.75, 3.05) is 0 Å². The monoisotopic (exact) mass is 262 g/mol. The number of hydrogen-bond acceptors (Lipinski definition) is 2. The zero-order chi connectivity index (χ0) is 14.3. The van der Waals surface area contributed by atoms with Gasteiger partial charge in [0.25, 0.3) is 0 Å². The third-order valence-electron chi connectivity index (χ3n) is 3.37. The molecule has 0 spiro atoms. The van der Waals surface area contributed by atoms with Crippen LogP contribution in [0.5, 0.6) is 5.75 Å². The number of hydrogen-bond donors (Lipinski definition) is 0. The molecule has 0 aliphatic carbocycles. The van der Waals surface area contributed by atoms with E-state index < -0.39 is 0 Å². The van der Waals surface area contributed by atoms with Gasteiger partial charge in [0, 0.05) is 0 Å². The molecule has 0 saturated carbocycles. The third-order valence-corrected chi connectivity index (χ3v) is 3.37. The van der Waals surface area contributed by atoms with Gasteiger partial charge < -0.3 is 4.74 Å². The van der Waals surface area contributed by atoms with Gasteiger partial charge in [-0.3, -0.25) is 4.79 Å². The van der Waals surface area contributed by atoms with Crippen LogP contribution < -0.4 is 4.74 Å². The summed E-state index contributed by atoms with van der Waals surface area (Å²) in [4.78, 5) is 11.7. The first-order chi connectivity index (χ1) is 9.04. The normalized spacial score (nSPS) is 12.2. The van der Waals surface area contributed by atoms with Crippen LogP contribution in [0.15, 0.2) is 18.2 Å². The average Bonchev–Trinajstić information content (AvgIpc) is 2.35. The Balaban J connectivity index is 2.60. The van der Waals surface area contributed by atoms with Crippen LogP contribution in [-0.4, -0.2) is 11.9 Å². The molecule has 19 heavy (non-hydrogen) atoms. The molecule has 0 fully saturated rings. The number of carbonyl (C=O) groups excluding carboxylic acids is 1. The molecule has 0 heterocycles. The maximum absolute atomic E-state index is 11.7. The van der Waals surface area contributed by atoms with Crippen molar-refractivity contribution >= 4 is 5.78 Å². The Morgan fingerprint density at radius 3 is 2.53 bits per heavy atom. The van der Waals surface area contributed by atoms with Gasteiger partial charge in [0.1, 0.15) is 5.75 Å². The second-order valence-corrected chi connectivity index (χ2v) is 5.34. The fraction of sp³-hybridized carbons (Fsp3) is 0.588. The number of rotatable bonds is 8. The van der Waals surface area contributed by atoms with Crippen LogP contribution >= 0.6 is 0 Å². The maximum atomic E-state index is 11.7. The predicted octanol–water partition coefficient (Wildman–Crippen LogP) is 4.61. The molecule has 1 unspecified atom stereocenters. The molecule has 0 radical (unpaired) electrons. The summed E-state index contributed by atoms with van der Waals surface area (Å²) in [5.41, 5.74) is 2.31. The molecule has 2 heteroatoms. The van der Waals surface area contributed by atoms with Gasteiger partial charge in [0.05, 0.1) is 0 Å². The van der Waals surface area contributed by atoms with E-state index in [2.05, 4.69) is 19.9 Å². The molecule has 0 aliphatic rings. The first kappa shape index (κ1) is 15.7. The summed E-state index contributed by atoms with van der Waals surface area (Å²) in [7, 11) is 0. The van der Waals surface area contributed by atoms with Gasteiger partial charge in [-0.05, 0) is 45.2 Å². The minimum Gasteiger partial charge on any atom is -0.482 e. The number of carbonyl (C=O) groups is 1. The van der Waals surface area contributed by atoms with E-state index in [0.29, 0.717) is 0 Å². The number of aryl methyl sites for hydroxylation is 2. The van der Waals surface area contributed by atoms with Crippen molar-refractivity contribution in [2.24, 2.45) is 0 Å². The van der Waals surface area contributed by atoms with Gasteiger partial charge in [-0.2, -0.15) is 0 Å². The predicted molar refractivity (Wildman–Crippen MR) is 79.8 cm³/mol. The second-order valence-electron chi connectivity index (χ2n) is 5.34. The summed E-state index contributed by atoms with van der Waals surface area (Å²) in [6.07, 6.45) is 5.21. The van der Waals surface area contributed by atoms with Crippen molar-refractivity contribution in [3.63, 3.8) is 0 Å². The Kier molecular flexibility index (Phi) is 6.61. The lowest BCUT2D eigenvalue weighted by Crippen LogP contribution is -2.25. The van der Waals surface area contributed by atoms with Crippen molar-refractivity contribution in [3.8, 4) is 5.75 Å². The van der Waals surface area contributed by atoms with Crippen LogP contribution in [-0.2, 0) is 4.79 Å². The Labute approximate surface area is 117 Å². The molecule has 0 bridgehead atoms. The highest BCUT2D eigenvalue weighted by molar-refractivity contribution is 5.80. The smallest absolute Gasteiger partial charge is 0.170 e. The van der Waals surface area contributed by atoms with Gasteiger partial charge in [-0.15, -0.1) is 0 Å². The van der Waals surface area contributed by atoms with Crippen LogP contribution in [0.2, 0.25) is 0 Å². The summed E-state index contributed by atoms with van der Waals surface area (Å²) in [6.45, 7) is 7.89. The molecule has 2 nitrogen and oxygen atoms in total. The van der Waals surface area contributed by atoms with Crippen LogP contribution in [0, 0.1) is 13.8 Å². The summed E-state index contributed by atoms with van der Waals surface area (Å²) >= 11 is 0. The van der Waals surface area contributed by atoms with Crippen molar-refractivity contribution in [3.05, 3.63) is 29.3 Å². The van der Waals surface area contributed by atoms with Crippen molar-refractivity contribution in [2.45, 2.75) is 65.9 Å². The largest absolute Gasteiger partial charge is 0.482 e. The van der Waals surface area contributed by atoms with E-state index in [0.717, 1.165) is 24.2 Å². The highest BCUT2D eigenvalue weighted by Gasteiger charge is 2.16. The SMILES string of the molecule is CCCCCCC(Oc1ccc(C)cc1C)C(C)=O. The number of Topliss-reactive ketones (excluding diaryl/α,β-unsaturated/α-hetero) is 1. The van der Waals surface area contributed by atoms with Gasteiger partial charge in [-0.1, -0.05) is 43.9 Å². The second kappa shape index (κ2) is 7.98. The molecule has 1 aromatic carbocycles. The molecule has 0 amide bonds. The molecule has 1 atom stereocenters. The minimum atomic E-state index is -0.293. The molecule has 0 aliphatic heterocycles. The zero-order valence-corrected chi connectivity index (χ0v) is 12.7. The lowest BCUT2D eigenvalue weighted by atomic mass is 10.1. The number of unbranched alkanes of at least 4 members (excludes halogenated alkanes) is 3. The fourth-order valence-electron chi connectivity index (χ4n) is 2.19. The Bertz CT molecular complexity index is 410. The summed E-state index contributed by atoms with van der Waals surface area (Å²) in [5, 5.41) is 0.